The number of nitrogens with one attached hydrogen (secondary N) is 1. The molecule has 114 valence electrons. The van der Waals surface area contributed by atoms with E-state index in [-0.39, 0.29) is 17.5 Å². The van der Waals surface area contributed by atoms with E-state index in [9.17, 15) is 8.42 Å². The van der Waals surface area contributed by atoms with Crippen molar-refractivity contribution in [1.29, 1.82) is 0 Å². The summed E-state index contributed by atoms with van der Waals surface area (Å²) in [4.78, 5) is 4.13. The van der Waals surface area contributed by atoms with Gasteiger partial charge in [-0.25, -0.2) is 13.4 Å². The first-order chi connectivity index (χ1) is 9.46. The highest BCUT2D eigenvalue weighted by Gasteiger charge is 2.13. The number of methoxy groups -OCH3 is 1. The lowest BCUT2D eigenvalue weighted by atomic mass is 10.3. The number of nitrogens with zero attached hydrogens (tertiary/aromatic N) is 1. The second kappa shape index (κ2) is 8.06. The minimum atomic E-state index is -2.98. The smallest absolute Gasteiger partial charge is 0.213 e. The van der Waals surface area contributed by atoms with Crippen molar-refractivity contribution in [3.63, 3.8) is 0 Å². The first-order valence-electron chi connectivity index (χ1n) is 6.51. The third-order valence-corrected chi connectivity index (χ3v) is 4.52. The number of aromatic nitrogens is 1. The molecule has 0 saturated heterocycles. The summed E-state index contributed by atoms with van der Waals surface area (Å²) in [7, 11) is -1.38. The number of hydrogen-bond acceptors (Lipinski definition) is 6. The second-order valence-corrected chi connectivity index (χ2v) is 6.87. The van der Waals surface area contributed by atoms with E-state index in [0.717, 1.165) is 5.69 Å². The van der Waals surface area contributed by atoms with Crippen LogP contribution in [0.3, 0.4) is 0 Å². The molecule has 0 aliphatic carbocycles. The zero-order valence-corrected chi connectivity index (χ0v) is 12.9. The predicted octanol–water partition coefficient (Wildman–Crippen LogP) is 1.34. The Labute approximate surface area is 120 Å². The molecule has 1 atom stereocenters. The Hall–Kier alpha value is -1.34. The number of anilines is 1. The zero-order chi connectivity index (χ0) is 15.0. The van der Waals surface area contributed by atoms with Gasteiger partial charge in [0.2, 0.25) is 5.88 Å². The maximum Gasteiger partial charge on any atom is 0.213 e. The van der Waals surface area contributed by atoms with E-state index in [2.05, 4.69) is 10.3 Å². The number of sulfone groups is 1. The van der Waals surface area contributed by atoms with Crippen molar-refractivity contribution in [1.82, 2.24) is 4.98 Å². The Kier molecular flexibility index (Phi) is 6.74. The van der Waals surface area contributed by atoms with E-state index < -0.39 is 9.84 Å². The van der Waals surface area contributed by atoms with Crippen LogP contribution in [-0.4, -0.2) is 51.3 Å². The number of pyridine rings is 1. The highest BCUT2D eigenvalue weighted by Crippen LogP contribution is 2.13. The van der Waals surface area contributed by atoms with Crippen LogP contribution in [0.4, 0.5) is 5.69 Å². The molecule has 0 fully saturated rings. The highest BCUT2D eigenvalue weighted by atomic mass is 32.2. The summed E-state index contributed by atoms with van der Waals surface area (Å²) in [5, 5.41) is 3.10. The molecule has 1 aromatic rings. The van der Waals surface area contributed by atoms with Gasteiger partial charge in [0.25, 0.3) is 0 Å². The molecule has 0 spiro atoms. The number of rotatable bonds is 9. The van der Waals surface area contributed by atoms with Crippen molar-refractivity contribution >= 4 is 15.5 Å². The normalized spacial score (nSPS) is 12.9. The molecule has 0 bridgehead atoms. The summed E-state index contributed by atoms with van der Waals surface area (Å²) in [5.74, 6) is 0.778. The minimum absolute atomic E-state index is 0.107. The van der Waals surface area contributed by atoms with Crippen LogP contribution in [0.25, 0.3) is 0 Å². The fourth-order valence-corrected chi connectivity index (χ4v) is 2.69. The van der Waals surface area contributed by atoms with E-state index in [1.54, 1.807) is 26.3 Å². The lowest BCUT2D eigenvalue weighted by Crippen LogP contribution is -2.26. The summed E-state index contributed by atoms with van der Waals surface area (Å²) in [6.07, 6.45) is 1.62. The van der Waals surface area contributed by atoms with Gasteiger partial charge in [-0.2, -0.15) is 0 Å². The Balaban J connectivity index is 2.48. The van der Waals surface area contributed by atoms with Crippen LogP contribution in [0.15, 0.2) is 18.3 Å². The topological polar surface area (TPSA) is 77.5 Å². The van der Waals surface area contributed by atoms with Crippen molar-refractivity contribution in [2.45, 2.75) is 19.9 Å². The molecular weight excluding hydrogens is 280 g/mol. The van der Waals surface area contributed by atoms with Crippen molar-refractivity contribution in [2.75, 3.05) is 37.1 Å². The summed E-state index contributed by atoms with van der Waals surface area (Å²) >= 11 is 0. The molecule has 0 amide bonds. The Morgan fingerprint density at radius 2 is 2.10 bits per heavy atom. The number of ether oxygens (including phenoxy) is 2. The van der Waals surface area contributed by atoms with Gasteiger partial charge in [-0.05, 0) is 13.0 Å². The molecule has 0 saturated carbocycles. The molecule has 1 aromatic heterocycles. The van der Waals surface area contributed by atoms with Gasteiger partial charge in [-0.1, -0.05) is 6.92 Å². The van der Waals surface area contributed by atoms with Gasteiger partial charge in [-0.15, -0.1) is 0 Å². The van der Waals surface area contributed by atoms with Crippen LogP contribution in [0.2, 0.25) is 0 Å². The summed E-state index contributed by atoms with van der Waals surface area (Å²) < 4.78 is 33.2. The molecule has 0 aliphatic rings. The quantitative estimate of drug-likeness (QED) is 0.694. The van der Waals surface area contributed by atoms with Crippen LogP contribution >= 0.6 is 0 Å². The first-order valence-corrected chi connectivity index (χ1v) is 8.33. The fourth-order valence-electron chi connectivity index (χ4n) is 1.61. The fraction of sp³-hybridized carbons (Fsp3) is 0.615. The SMILES string of the molecule is CCS(=O)(=O)CC(C)Nc1ccc(OCCOC)nc1. The molecule has 1 heterocycles. The Bertz CT molecular complexity index is 488. The molecule has 1 rings (SSSR count). The van der Waals surface area contributed by atoms with Crippen LogP contribution in [0, 0.1) is 0 Å². The lowest BCUT2D eigenvalue weighted by molar-refractivity contribution is 0.144. The van der Waals surface area contributed by atoms with Gasteiger partial charge < -0.3 is 14.8 Å². The Morgan fingerprint density at radius 1 is 1.35 bits per heavy atom. The van der Waals surface area contributed by atoms with Crippen molar-refractivity contribution in [3.8, 4) is 5.88 Å². The van der Waals surface area contributed by atoms with Gasteiger partial charge in [0, 0.05) is 25.0 Å². The van der Waals surface area contributed by atoms with Crippen LogP contribution in [0.5, 0.6) is 5.88 Å². The third kappa shape index (κ3) is 6.21. The average Bonchev–Trinajstić information content (AvgIpc) is 2.40. The summed E-state index contributed by atoms with van der Waals surface area (Å²) in [5.41, 5.74) is 0.767. The lowest BCUT2D eigenvalue weighted by Gasteiger charge is -2.15. The third-order valence-electron chi connectivity index (χ3n) is 2.63. The Morgan fingerprint density at radius 3 is 2.65 bits per heavy atom. The zero-order valence-electron chi connectivity index (χ0n) is 12.1. The van der Waals surface area contributed by atoms with Crippen LogP contribution in [0.1, 0.15) is 13.8 Å². The molecule has 0 radical (unpaired) electrons. The van der Waals surface area contributed by atoms with Gasteiger partial charge in [0.05, 0.1) is 24.2 Å². The molecule has 1 unspecified atom stereocenters. The average molecular weight is 302 g/mol. The monoisotopic (exact) mass is 302 g/mol. The predicted molar refractivity (Wildman–Crippen MR) is 79.0 cm³/mol. The van der Waals surface area contributed by atoms with E-state index in [4.69, 9.17) is 9.47 Å². The maximum atomic E-state index is 11.5. The van der Waals surface area contributed by atoms with Crippen LogP contribution in [-0.2, 0) is 14.6 Å². The minimum Gasteiger partial charge on any atom is -0.475 e. The summed E-state index contributed by atoms with van der Waals surface area (Å²) in [6.45, 7) is 4.43. The van der Waals surface area contributed by atoms with Gasteiger partial charge in [0.1, 0.15) is 6.61 Å². The summed E-state index contributed by atoms with van der Waals surface area (Å²) in [6, 6.07) is 3.38. The van der Waals surface area contributed by atoms with Crippen molar-refractivity contribution in [2.24, 2.45) is 0 Å². The molecule has 7 heteroatoms. The van der Waals surface area contributed by atoms with Gasteiger partial charge in [0.15, 0.2) is 9.84 Å². The van der Waals surface area contributed by atoms with E-state index in [0.29, 0.717) is 19.1 Å². The van der Waals surface area contributed by atoms with Crippen LogP contribution < -0.4 is 10.1 Å². The molecule has 20 heavy (non-hydrogen) atoms. The second-order valence-electron chi connectivity index (χ2n) is 4.47. The molecule has 0 aromatic carbocycles. The largest absolute Gasteiger partial charge is 0.475 e. The van der Waals surface area contributed by atoms with E-state index in [1.165, 1.54) is 0 Å². The van der Waals surface area contributed by atoms with E-state index in [1.807, 2.05) is 13.0 Å². The van der Waals surface area contributed by atoms with Crippen molar-refractivity contribution < 1.29 is 17.9 Å². The van der Waals surface area contributed by atoms with Crippen molar-refractivity contribution in [3.05, 3.63) is 18.3 Å². The molecule has 1 N–H and O–H groups in total. The number of hydrogen-bond donors (Lipinski definition) is 1. The first kappa shape index (κ1) is 16.7. The van der Waals surface area contributed by atoms with Gasteiger partial charge >= 0.3 is 0 Å². The molecule has 0 aliphatic heterocycles. The highest BCUT2D eigenvalue weighted by molar-refractivity contribution is 7.91. The molecule has 6 nitrogen and oxygen atoms in total. The van der Waals surface area contributed by atoms with E-state index >= 15 is 0 Å². The van der Waals surface area contributed by atoms with Gasteiger partial charge in [-0.3, -0.25) is 0 Å². The standard InChI is InChI=1S/C13H22N2O4S/c1-4-20(16,17)10-11(2)15-12-5-6-13(14-9-12)19-8-7-18-3/h5-6,9,11,15H,4,7-8,10H2,1-3H3. The molecular formula is C13H22N2O4S. The maximum absolute atomic E-state index is 11.5.